The predicted octanol–water partition coefficient (Wildman–Crippen LogP) is 3.36. The smallest absolute Gasteiger partial charge is 0.293 e. The Morgan fingerprint density at radius 1 is 1.39 bits per heavy atom. The topological polar surface area (TPSA) is 75.5 Å². The number of piperidine rings is 1. The highest BCUT2D eigenvalue weighted by molar-refractivity contribution is 5.96. The van der Waals surface area contributed by atoms with Gasteiger partial charge in [-0.05, 0) is 44.2 Å². The van der Waals surface area contributed by atoms with E-state index in [2.05, 4.69) is 24.1 Å². The standard InChI is InChI=1S/C17H25N3O3/c1-12(2)18-16(21)13-6-7-14(15(10-13)20(22)23)19-9-5-8-17(3,4)11-19/h6-7,10,12H,5,8-9,11H2,1-4H3,(H,18,21). The molecule has 0 aromatic heterocycles. The quantitative estimate of drug-likeness (QED) is 0.682. The summed E-state index contributed by atoms with van der Waals surface area (Å²) in [5.41, 5.74) is 1.06. The van der Waals surface area contributed by atoms with E-state index in [-0.39, 0.29) is 23.1 Å². The zero-order valence-corrected chi connectivity index (χ0v) is 14.3. The van der Waals surface area contributed by atoms with Gasteiger partial charge in [-0.3, -0.25) is 14.9 Å². The lowest BCUT2D eigenvalue weighted by atomic mass is 9.84. The van der Waals surface area contributed by atoms with Crippen molar-refractivity contribution in [3.8, 4) is 0 Å². The van der Waals surface area contributed by atoms with E-state index in [9.17, 15) is 14.9 Å². The lowest BCUT2D eigenvalue weighted by Gasteiger charge is -2.39. The van der Waals surface area contributed by atoms with Gasteiger partial charge in [-0.2, -0.15) is 0 Å². The minimum Gasteiger partial charge on any atom is -0.365 e. The first-order valence-electron chi connectivity index (χ1n) is 8.04. The van der Waals surface area contributed by atoms with Crippen molar-refractivity contribution in [1.29, 1.82) is 0 Å². The van der Waals surface area contributed by atoms with Gasteiger partial charge in [-0.1, -0.05) is 13.8 Å². The molecule has 0 spiro atoms. The van der Waals surface area contributed by atoms with E-state index in [4.69, 9.17) is 0 Å². The van der Waals surface area contributed by atoms with E-state index in [0.717, 1.165) is 25.9 Å². The molecule has 0 radical (unpaired) electrons. The Kier molecular flexibility index (Phi) is 4.92. The van der Waals surface area contributed by atoms with Crippen LogP contribution in [0.2, 0.25) is 0 Å². The molecule has 0 saturated carbocycles. The van der Waals surface area contributed by atoms with Crippen LogP contribution in [0.15, 0.2) is 18.2 Å². The van der Waals surface area contributed by atoms with E-state index in [1.807, 2.05) is 13.8 Å². The number of carbonyl (C=O) groups is 1. The van der Waals surface area contributed by atoms with Crippen molar-refractivity contribution in [2.75, 3.05) is 18.0 Å². The molecule has 1 saturated heterocycles. The van der Waals surface area contributed by atoms with Crippen LogP contribution in [-0.4, -0.2) is 30.0 Å². The predicted molar refractivity (Wildman–Crippen MR) is 90.9 cm³/mol. The first-order chi connectivity index (χ1) is 10.7. The van der Waals surface area contributed by atoms with Crippen LogP contribution >= 0.6 is 0 Å². The van der Waals surface area contributed by atoms with Gasteiger partial charge >= 0.3 is 0 Å². The molecule has 1 aliphatic rings. The van der Waals surface area contributed by atoms with Crippen molar-refractivity contribution in [3.05, 3.63) is 33.9 Å². The summed E-state index contributed by atoms with van der Waals surface area (Å²) < 4.78 is 0. The normalized spacial score (nSPS) is 17.2. The second-order valence-electron chi connectivity index (χ2n) is 7.28. The molecule has 0 unspecified atom stereocenters. The average Bonchev–Trinajstić information content (AvgIpc) is 2.44. The summed E-state index contributed by atoms with van der Waals surface area (Å²) in [6.07, 6.45) is 2.13. The molecule has 23 heavy (non-hydrogen) atoms. The third-order valence-electron chi connectivity index (χ3n) is 4.10. The van der Waals surface area contributed by atoms with E-state index >= 15 is 0 Å². The molecule has 1 aliphatic heterocycles. The summed E-state index contributed by atoms with van der Waals surface area (Å²) in [4.78, 5) is 25.2. The molecule has 1 aromatic carbocycles. The lowest BCUT2D eigenvalue weighted by Crippen LogP contribution is -2.40. The zero-order valence-electron chi connectivity index (χ0n) is 14.3. The summed E-state index contributed by atoms with van der Waals surface area (Å²) in [5, 5.41) is 14.2. The van der Waals surface area contributed by atoms with E-state index < -0.39 is 4.92 Å². The molecule has 0 atom stereocenters. The third-order valence-corrected chi connectivity index (χ3v) is 4.10. The highest BCUT2D eigenvalue weighted by Gasteiger charge is 2.30. The van der Waals surface area contributed by atoms with Gasteiger partial charge in [0.25, 0.3) is 11.6 Å². The minimum absolute atomic E-state index is 0.000828. The Morgan fingerprint density at radius 3 is 2.65 bits per heavy atom. The summed E-state index contributed by atoms with van der Waals surface area (Å²) >= 11 is 0. The number of rotatable bonds is 4. The SMILES string of the molecule is CC(C)NC(=O)c1ccc(N2CCCC(C)(C)C2)c([N+](=O)[O-])c1. The van der Waals surface area contributed by atoms with Crippen molar-refractivity contribution >= 4 is 17.3 Å². The monoisotopic (exact) mass is 319 g/mol. The van der Waals surface area contributed by atoms with Crippen LogP contribution in [0, 0.1) is 15.5 Å². The molecule has 1 amide bonds. The van der Waals surface area contributed by atoms with Crippen LogP contribution in [0.4, 0.5) is 11.4 Å². The molecule has 6 heteroatoms. The second kappa shape index (κ2) is 6.56. The highest BCUT2D eigenvalue weighted by atomic mass is 16.6. The number of nitrogens with one attached hydrogen (secondary N) is 1. The Morgan fingerprint density at radius 2 is 2.09 bits per heavy atom. The zero-order chi connectivity index (χ0) is 17.2. The molecule has 6 nitrogen and oxygen atoms in total. The van der Waals surface area contributed by atoms with Crippen molar-refractivity contribution in [1.82, 2.24) is 5.32 Å². The van der Waals surface area contributed by atoms with Gasteiger partial charge in [0.15, 0.2) is 0 Å². The average molecular weight is 319 g/mol. The first-order valence-corrected chi connectivity index (χ1v) is 8.04. The van der Waals surface area contributed by atoms with Crippen LogP contribution in [0.3, 0.4) is 0 Å². The van der Waals surface area contributed by atoms with Gasteiger partial charge in [-0.25, -0.2) is 0 Å². The third kappa shape index (κ3) is 4.21. The van der Waals surface area contributed by atoms with Crippen LogP contribution in [-0.2, 0) is 0 Å². The molecule has 2 rings (SSSR count). The molecule has 1 aromatic rings. The molecule has 0 aliphatic carbocycles. The molecule has 1 fully saturated rings. The number of carbonyl (C=O) groups excluding carboxylic acids is 1. The van der Waals surface area contributed by atoms with Crippen LogP contribution in [0.5, 0.6) is 0 Å². The number of hydrogen-bond acceptors (Lipinski definition) is 4. The maximum Gasteiger partial charge on any atom is 0.293 e. The fourth-order valence-corrected chi connectivity index (χ4v) is 3.05. The fraction of sp³-hybridized carbons (Fsp3) is 0.588. The largest absolute Gasteiger partial charge is 0.365 e. The van der Waals surface area contributed by atoms with Gasteiger partial charge in [-0.15, -0.1) is 0 Å². The van der Waals surface area contributed by atoms with Gasteiger partial charge in [0.2, 0.25) is 0 Å². The van der Waals surface area contributed by atoms with Gasteiger partial charge in [0, 0.05) is 30.8 Å². The van der Waals surface area contributed by atoms with Gasteiger partial charge in [0.05, 0.1) is 4.92 Å². The number of benzene rings is 1. The number of nitro groups is 1. The number of hydrogen-bond donors (Lipinski definition) is 1. The molecular formula is C17H25N3O3. The number of amides is 1. The fourth-order valence-electron chi connectivity index (χ4n) is 3.05. The first kappa shape index (κ1) is 17.2. The van der Waals surface area contributed by atoms with Crippen molar-refractivity contribution in [2.24, 2.45) is 5.41 Å². The molecular weight excluding hydrogens is 294 g/mol. The lowest BCUT2D eigenvalue weighted by molar-refractivity contribution is -0.384. The maximum atomic E-state index is 12.1. The summed E-state index contributed by atoms with van der Waals surface area (Å²) in [6, 6.07) is 4.74. The minimum atomic E-state index is -0.400. The van der Waals surface area contributed by atoms with Crippen LogP contribution < -0.4 is 10.2 Å². The molecule has 1 N–H and O–H groups in total. The highest BCUT2D eigenvalue weighted by Crippen LogP contribution is 2.36. The van der Waals surface area contributed by atoms with E-state index in [1.54, 1.807) is 12.1 Å². The van der Waals surface area contributed by atoms with Gasteiger partial charge in [0.1, 0.15) is 5.69 Å². The van der Waals surface area contributed by atoms with Crippen molar-refractivity contribution < 1.29 is 9.72 Å². The maximum absolute atomic E-state index is 12.1. The molecule has 1 heterocycles. The summed E-state index contributed by atoms with van der Waals surface area (Å²) in [5.74, 6) is -0.284. The number of nitrogens with zero attached hydrogens (tertiary/aromatic N) is 2. The summed E-state index contributed by atoms with van der Waals surface area (Å²) in [7, 11) is 0. The number of nitro benzene ring substituents is 1. The molecule has 126 valence electrons. The van der Waals surface area contributed by atoms with Crippen molar-refractivity contribution in [2.45, 2.75) is 46.6 Å². The van der Waals surface area contributed by atoms with Crippen LogP contribution in [0.1, 0.15) is 50.9 Å². The Bertz CT molecular complexity index is 611. The van der Waals surface area contributed by atoms with Crippen LogP contribution in [0.25, 0.3) is 0 Å². The second-order valence-corrected chi connectivity index (χ2v) is 7.28. The van der Waals surface area contributed by atoms with E-state index in [1.165, 1.54) is 6.07 Å². The summed E-state index contributed by atoms with van der Waals surface area (Å²) in [6.45, 7) is 9.66. The van der Waals surface area contributed by atoms with E-state index in [0.29, 0.717) is 11.3 Å². The number of anilines is 1. The molecule has 0 bridgehead atoms. The Hall–Kier alpha value is -2.11. The Labute approximate surface area is 137 Å². The van der Waals surface area contributed by atoms with Gasteiger partial charge < -0.3 is 10.2 Å². The Balaban J connectivity index is 2.34. The van der Waals surface area contributed by atoms with Crippen molar-refractivity contribution in [3.63, 3.8) is 0 Å².